The summed E-state index contributed by atoms with van der Waals surface area (Å²) in [5, 5.41) is 1.11. The van der Waals surface area contributed by atoms with E-state index in [4.69, 9.17) is 0 Å². The van der Waals surface area contributed by atoms with Crippen molar-refractivity contribution in [1.29, 1.82) is 0 Å². The highest BCUT2D eigenvalue weighted by Gasteiger charge is 2.11. The van der Waals surface area contributed by atoms with E-state index < -0.39 is 0 Å². The zero-order chi connectivity index (χ0) is 18.5. The summed E-state index contributed by atoms with van der Waals surface area (Å²) in [6.45, 7) is 0.824. The summed E-state index contributed by atoms with van der Waals surface area (Å²) < 4.78 is 12.5. The largest absolute Gasteiger partial charge is 0.372 e. The SMILES string of the molecule is CN(C)Cc1c(C#Cc2ccc(N(C)CCF)cc2)[nH]c2ncccc12. The highest BCUT2D eigenvalue weighted by atomic mass is 19.1. The zero-order valence-corrected chi connectivity index (χ0v) is 15.4. The predicted octanol–water partition coefficient (Wildman–Crippen LogP) is 3.43. The van der Waals surface area contributed by atoms with E-state index in [1.165, 1.54) is 0 Å². The second-order valence-electron chi connectivity index (χ2n) is 6.52. The molecule has 0 fully saturated rings. The summed E-state index contributed by atoms with van der Waals surface area (Å²) in [5.41, 5.74) is 4.81. The highest BCUT2D eigenvalue weighted by molar-refractivity contribution is 5.82. The van der Waals surface area contributed by atoms with Crippen LogP contribution in [0.15, 0.2) is 42.6 Å². The molecule has 0 aliphatic carbocycles. The molecule has 4 nitrogen and oxygen atoms in total. The maximum atomic E-state index is 12.5. The number of pyridine rings is 1. The number of hydrogen-bond donors (Lipinski definition) is 1. The van der Waals surface area contributed by atoms with Crippen LogP contribution in [0.3, 0.4) is 0 Å². The fraction of sp³-hybridized carbons (Fsp3) is 0.286. The molecule has 3 rings (SSSR count). The zero-order valence-electron chi connectivity index (χ0n) is 15.4. The lowest BCUT2D eigenvalue weighted by Crippen LogP contribution is -2.19. The summed E-state index contributed by atoms with van der Waals surface area (Å²) in [5.74, 6) is 6.47. The van der Waals surface area contributed by atoms with Crippen LogP contribution in [0.2, 0.25) is 0 Å². The Morgan fingerprint density at radius 1 is 1.08 bits per heavy atom. The second-order valence-corrected chi connectivity index (χ2v) is 6.52. The van der Waals surface area contributed by atoms with Gasteiger partial charge in [-0.1, -0.05) is 5.92 Å². The molecule has 5 heteroatoms. The van der Waals surface area contributed by atoms with Crippen molar-refractivity contribution in [3.63, 3.8) is 0 Å². The van der Waals surface area contributed by atoms with E-state index in [0.717, 1.165) is 40.1 Å². The summed E-state index contributed by atoms with van der Waals surface area (Å²) in [6.07, 6.45) is 1.78. The monoisotopic (exact) mass is 350 g/mol. The van der Waals surface area contributed by atoms with Gasteiger partial charge in [-0.2, -0.15) is 0 Å². The maximum Gasteiger partial charge on any atom is 0.138 e. The third-order valence-corrected chi connectivity index (χ3v) is 4.21. The molecule has 0 aliphatic heterocycles. The number of benzene rings is 1. The molecule has 0 saturated heterocycles. The van der Waals surface area contributed by atoms with Crippen molar-refractivity contribution in [2.45, 2.75) is 6.54 Å². The van der Waals surface area contributed by atoms with E-state index in [0.29, 0.717) is 6.54 Å². The Morgan fingerprint density at radius 2 is 1.85 bits per heavy atom. The third kappa shape index (κ3) is 4.04. The predicted molar refractivity (Wildman–Crippen MR) is 105 cm³/mol. The number of alkyl halides is 1. The summed E-state index contributed by atoms with van der Waals surface area (Å²) in [4.78, 5) is 11.7. The van der Waals surface area contributed by atoms with Gasteiger partial charge in [-0.3, -0.25) is 0 Å². The molecule has 1 aromatic carbocycles. The lowest BCUT2D eigenvalue weighted by atomic mass is 10.1. The van der Waals surface area contributed by atoms with Crippen molar-refractivity contribution < 1.29 is 4.39 Å². The van der Waals surface area contributed by atoms with E-state index in [9.17, 15) is 4.39 Å². The topological polar surface area (TPSA) is 35.2 Å². The minimum absolute atomic E-state index is 0.360. The fourth-order valence-corrected chi connectivity index (χ4v) is 2.85. The minimum Gasteiger partial charge on any atom is -0.372 e. The number of halogens is 1. The van der Waals surface area contributed by atoms with Crippen LogP contribution in [0, 0.1) is 11.8 Å². The van der Waals surface area contributed by atoms with Crippen LogP contribution in [-0.4, -0.2) is 49.2 Å². The Bertz CT molecular complexity index is 932. The van der Waals surface area contributed by atoms with E-state index >= 15 is 0 Å². The van der Waals surface area contributed by atoms with Gasteiger partial charge < -0.3 is 14.8 Å². The van der Waals surface area contributed by atoms with Gasteiger partial charge in [0.1, 0.15) is 12.3 Å². The van der Waals surface area contributed by atoms with Gasteiger partial charge in [0.25, 0.3) is 0 Å². The van der Waals surface area contributed by atoms with Gasteiger partial charge in [0, 0.05) is 48.5 Å². The quantitative estimate of drug-likeness (QED) is 0.716. The lowest BCUT2D eigenvalue weighted by molar-refractivity contribution is 0.404. The van der Waals surface area contributed by atoms with Gasteiger partial charge in [-0.15, -0.1) is 0 Å². The first-order valence-corrected chi connectivity index (χ1v) is 8.58. The molecule has 0 saturated carbocycles. The van der Waals surface area contributed by atoms with E-state index in [2.05, 4.69) is 32.8 Å². The molecule has 0 amide bonds. The second kappa shape index (κ2) is 8.03. The van der Waals surface area contributed by atoms with Crippen LogP contribution in [0.1, 0.15) is 16.8 Å². The Labute approximate surface area is 153 Å². The Kier molecular flexibility index (Phi) is 5.55. The van der Waals surface area contributed by atoms with Crippen molar-refractivity contribution in [2.75, 3.05) is 39.3 Å². The molecule has 0 aliphatic rings. The number of nitrogens with one attached hydrogen (secondary N) is 1. The fourth-order valence-electron chi connectivity index (χ4n) is 2.85. The first-order chi connectivity index (χ1) is 12.6. The molecule has 1 N–H and O–H groups in total. The number of hydrogen-bond acceptors (Lipinski definition) is 3. The average molecular weight is 350 g/mol. The van der Waals surface area contributed by atoms with Crippen molar-refractivity contribution in [3.8, 4) is 11.8 Å². The number of aromatic nitrogens is 2. The van der Waals surface area contributed by atoms with Gasteiger partial charge >= 0.3 is 0 Å². The Morgan fingerprint density at radius 3 is 2.54 bits per heavy atom. The van der Waals surface area contributed by atoms with Gasteiger partial charge in [0.2, 0.25) is 0 Å². The number of H-pyrrole nitrogens is 1. The molecule has 3 aromatic rings. The van der Waals surface area contributed by atoms with Crippen LogP contribution in [0.5, 0.6) is 0 Å². The van der Waals surface area contributed by atoms with Gasteiger partial charge in [-0.25, -0.2) is 9.37 Å². The van der Waals surface area contributed by atoms with Crippen LogP contribution >= 0.6 is 0 Å². The number of nitrogens with zero attached hydrogens (tertiary/aromatic N) is 3. The Hall–Kier alpha value is -2.84. The smallest absolute Gasteiger partial charge is 0.138 e. The number of anilines is 1. The van der Waals surface area contributed by atoms with E-state index in [1.54, 1.807) is 6.20 Å². The Balaban J connectivity index is 1.90. The van der Waals surface area contributed by atoms with Crippen LogP contribution in [0.4, 0.5) is 10.1 Å². The van der Waals surface area contributed by atoms with Crippen LogP contribution in [0.25, 0.3) is 11.0 Å². The summed E-state index contributed by atoms with van der Waals surface area (Å²) in [6, 6.07) is 11.9. The first-order valence-electron chi connectivity index (χ1n) is 8.58. The average Bonchev–Trinajstić information content (AvgIpc) is 2.98. The van der Waals surface area contributed by atoms with Crippen LogP contribution in [-0.2, 0) is 6.54 Å². The maximum absolute atomic E-state index is 12.5. The van der Waals surface area contributed by atoms with Crippen LogP contribution < -0.4 is 4.90 Å². The molecular formula is C21H23FN4. The van der Waals surface area contributed by atoms with Crippen molar-refractivity contribution >= 4 is 16.7 Å². The molecule has 0 spiro atoms. The van der Waals surface area contributed by atoms with Crippen molar-refractivity contribution in [2.24, 2.45) is 0 Å². The molecule has 0 unspecified atom stereocenters. The summed E-state index contributed by atoms with van der Waals surface area (Å²) >= 11 is 0. The van der Waals surface area contributed by atoms with Crippen molar-refractivity contribution in [3.05, 3.63) is 59.4 Å². The van der Waals surface area contributed by atoms with Gasteiger partial charge in [0.15, 0.2) is 0 Å². The molecule has 0 radical (unpaired) electrons. The van der Waals surface area contributed by atoms with Gasteiger partial charge in [0.05, 0.1) is 5.69 Å². The number of fused-ring (bicyclic) bond motifs is 1. The molecular weight excluding hydrogens is 327 g/mol. The van der Waals surface area contributed by atoms with E-state index in [-0.39, 0.29) is 6.67 Å². The minimum atomic E-state index is -0.360. The molecule has 0 bridgehead atoms. The highest BCUT2D eigenvalue weighted by Crippen LogP contribution is 2.21. The first kappa shape index (κ1) is 18.0. The third-order valence-electron chi connectivity index (χ3n) is 4.21. The normalized spacial score (nSPS) is 10.8. The summed E-state index contributed by atoms with van der Waals surface area (Å²) in [7, 11) is 5.96. The molecule has 134 valence electrons. The number of rotatable bonds is 5. The lowest BCUT2D eigenvalue weighted by Gasteiger charge is -2.16. The standard InChI is InChI=1S/C21H23FN4/c1-25(2)15-19-18-5-4-13-23-21(18)24-20(19)11-8-16-6-9-17(10-7-16)26(3)14-12-22/h4-7,9-10,13H,12,14-15H2,1-3H3,(H,23,24). The molecule has 0 atom stereocenters. The van der Waals surface area contributed by atoms with Gasteiger partial charge in [-0.05, 0) is 56.4 Å². The van der Waals surface area contributed by atoms with E-state index in [1.807, 2.05) is 56.4 Å². The molecule has 2 aromatic heterocycles. The molecule has 2 heterocycles. The van der Waals surface area contributed by atoms with Crippen molar-refractivity contribution in [1.82, 2.24) is 14.9 Å². The molecule has 26 heavy (non-hydrogen) atoms. The number of aromatic amines is 1.